The van der Waals surface area contributed by atoms with Crippen LogP contribution in [0.1, 0.15) is 37.3 Å². The number of nitrogens with zero attached hydrogens (tertiary/aromatic N) is 5. The predicted molar refractivity (Wildman–Crippen MR) is 165 cm³/mol. The molecule has 47 heavy (non-hydrogen) atoms. The van der Waals surface area contributed by atoms with Crippen LogP contribution in [0.25, 0.3) is 22.7 Å². The Kier molecular flexibility index (Phi) is 8.18. The third kappa shape index (κ3) is 6.07. The Hall–Kier alpha value is -6.21. The molecule has 1 aliphatic heterocycles. The second-order valence-corrected chi connectivity index (χ2v) is 10.5. The van der Waals surface area contributed by atoms with Crippen molar-refractivity contribution in [3.05, 3.63) is 133 Å². The van der Waals surface area contributed by atoms with E-state index in [0.29, 0.717) is 28.2 Å². The summed E-state index contributed by atoms with van der Waals surface area (Å²) in [5, 5.41) is 0. The van der Waals surface area contributed by atoms with E-state index >= 15 is 0 Å². The Balaban J connectivity index is 1.27. The molecule has 1 saturated heterocycles. The van der Waals surface area contributed by atoms with Crippen molar-refractivity contribution in [1.29, 1.82) is 0 Å². The van der Waals surface area contributed by atoms with Gasteiger partial charge >= 0.3 is 17.9 Å². The number of rotatable bonds is 9. The minimum Gasteiger partial charge on any atom is -0.459 e. The summed E-state index contributed by atoms with van der Waals surface area (Å²) in [5.41, 5.74) is 2.05. The van der Waals surface area contributed by atoms with Crippen LogP contribution >= 0.6 is 0 Å². The Morgan fingerprint density at radius 1 is 0.723 bits per heavy atom. The molecule has 0 saturated carbocycles. The van der Waals surface area contributed by atoms with Gasteiger partial charge in [0.15, 0.2) is 29.9 Å². The molecule has 1 fully saturated rings. The smallest absolute Gasteiger partial charge is 0.338 e. The topological polar surface area (TPSA) is 160 Å². The van der Waals surface area contributed by atoms with Gasteiger partial charge in [-0.3, -0.25) is 4.57 Å². The van der Waals surface area contributed by atoms with Crippen molar-refractivity contribution in [2.24, 2.45) is 0 Å². The van der Waals surface area contributed by atoms with Crippen LogP contribution in [-0.2, 0) is 18.9 Å². The molecule has 0 aliphatic carbocycles. The monoisotopic (exact) mass is 630 g/mol. The second-order valence-electron chi connectivity index (χ2n) is 10.5. The molecule has 4 atom stereocenters. The molecule has 7 rings (SSSR count). The van der Waals surface area contributed by atoms with Crippen molar-refractivity contribution in [3.8, 4) is 11.5 Å². The van der Waals surface area contributed by atoms with Crippen LogP contribution in [-0.4, -0.2) is 72.3 Å². The Morgan fingerprint density at radius 3 is 1.91 bits per heavy atom. The zero-order chi connectivity index (χ0) is 32.2. The standard InChI is InChI=1S/C34H26N6O7/c41-32(21-10-4-1-5-11-21)44-18-24-27(46-33(42)22-12-6-2-7-13-22)28(47-34(43)23-14-8-3-9-15-23)31(45-24)40-20-39-26-25(29-35-16-17-36-29)37-19-38-30(26)40/h1-17,19-20,24,27-28,31H,18H2,(H,35,36)/t24-,27-,28-,31-/m1/s1. The number of imidazole rings is 2. The van der Waals surface area contributed by atoms with Gasteiger partial charge in [0, 0.05) is 12.4 Å². The van der Waals surface area contributed by atoms with Crippen LogP contribution in [0, 0.1) is 0 Å². The fourth-order valence-electron chi connectivity index (χ4n) is 5.29. The van der Waals surface area contributed by atoms with Gasteiger partial charge < -0.3 is 23.9 Å². The van der Waals surface area contributed by atoms with Crippen LogP contribution in [0.15, 0.2) is 116 Å². The molecule has 1 N–H and O–H groups in total. The fourth-order valence-corrected chi connectivity index (χ4v) is 5.29. The van der Waals surface area contributed by atoms with Crippen LogP contribution in [0.4, 0.5) is 0 Å². The number of benzene rings is 3. The van der Waals surface area contributed by atoms with E-state index in [2.05, 4.69) is 24.9 Å². The van der Waals surface area contributed by atoms with Gasteiger partial charge in [0.1, 0.15) is 30.2 Å². The summed E-state index contributed by atoms with van der Waals surface area (Å²) < 4.78 is 25.7. The molecular formula is C34H26N6O7. The molecule has 0 bridgehead atoms. The number of fused-ring (bicyclic) bond motifs is 1. The minimum absolute atomic E-state index is 0.271. The maximum atomic E-state index is 13.5. The first-order chi connectivity index (χ1) is 23.1. The molecule has 0 unspecified atom stereocenters. The SMILES string of the molecule is O=C(OC[C@H]1O[C@@H](n2cnc3c(-c4ncc[nH]4)ncnc32)[C@H](OC(=O)c2ccccc2)[C@@H]1OC(=O)c1ccccc1)c1ccccc1. The summed E-state index contributed by atoms with van der Waals surface area (Å²) in [6.07, 6.45) is 1.46. The Morgan fingerprint density at radius 2 is 1.32 bits per heavy atom. The molecule has 6 aromatic rings. The molecule has 0 radical (unpaired) electrons. The van der Waals surface area contributed by atoms with Crippen LogP contribution in [0.5, 0.6) is 0 Å². The van der Waals surface area contributed by atoms with E-state index in [1.54, 1.807) is 108 Å². The number of carbonyl (C=O) groups is 3. The molecule has 0 amide bonds. The van der Waals surface area contributed by atoms with E-state index in [0.717, 1.165) is 0 Å². The summed E-state index contributed by atoms with van der Waals surface area (Å²) in [4.78, 5) is 60.4. The zero-order valence-electron chi connectivity index (χ0n) is 24.6. The molecule has 13 heteroatoms. The Bertz CT molecular complexity index is 2000. The second kappa shape index (κ2) is 13.0. The van der Waals surface area contributed by atoms with E-state index in [4.69, 9.17) is 18.9 Å². The minimum atomic E-state index is -1.23. The number of esters is 3. The van der Waals surface area contributed by atoms with Crippen LogP contribution in [0.2, 0.25) is 0 Å². The first-order valence-electron chi connectivity index (χ1n) is 14.6. The Labute approximate surface area is 267 Å². The van der Waals surface area contributed by atoms with Crippen LogP contribution in [0.3, 0.4) is 0 Å². The van der Waals surface area contributed by atoms with Crippen molar-refractivity contribution in [1.82, 2.24) is 29.5 Å². The van der Waals surface area contributed by atoms with Crippen molar-refractivity contribution in [3.63, 3.8) is 0 Å². The molecule has 0 spiro atoms. The highest BCUT2D eigenvalue weighted by Crippen LogP contribution is 2.37. The lowest BCUT2D eigenvalue weighted by Crippen LogP contribution is -2.41. The molecule has 3 aromatic heterocycles. The van der Waals surface area contributed by atoms with Gasteiger partial charge in [-0.05, 0) is 36.4 Å². The van der Waals surface area contributed by atoms with Crippen molar-refractivity contribution in [2.75, 3.05) is 6.61 Å². The first-order valence-corrected chi connectivity index (χ1v) is 14.6. The summed E-state index contributed by atoms with van der Waals surface area (Å²) in [6, 6.07) is 25.2. The largest absolute Gasteiger partial charge is 0.459 e. The highest BCUT2D eigenvalue weighted by molar-refractivity contribution is 5.91. The van der Waals surface area contributed by atoms with E-state index < -0.39 is 42.4 Å². The van der Waals surface area contributed by atoms with Gasteiger partial charge in [-0.25, -0.2) is 34.3 Å². The average Bonchev–Trinajstić information content (AvgIpc) is 3.88. The third-order valence-corrected chi connectivity index (χ3v) is 7.53. The first kappa shape index (κ1) is 29.5. The van der Waals surface area contributed by atoms with Crippen LogP contribution < -0.4 is 0 Å². The highest BCUT2D eigenvalue weighted by atomic mass is 16.7. The van der Waals surface area contributed by atoms with E-state index in [9.17, 15) is 14.4 Å². The molecule has 1 aliphatic rings. The third-order valence-electron chi connectivity index (χ3n) is 7.53. The van der Waals surface area contributed by atoms with Gasteiger partial charge in [-0.1, -0.05) is 54.6 Å². The summed E-state index contributed by atoms with van der Waals surface area (Å²) in [7, 11) is 0. The van der Waals surface area contributed by atoms with Crippen molar-refractivity contribution < 1.29 is 33.3 Å². The zero-order valence-corrected chi connectivity index (χ0v) is 24.6. The van der Waals surface area contributed by atoms with Crippen molar-refractivity contribution in [2.45, 2.75) is 24.5 Å². The molecular weight excluding hydrogens is 604 g/mol. The lowest BCUT2D eigenvalue weighted by atomic mass is 10.1. The number of hydrogen-bond acceptors (Lipinski definition) is 11. The number of aromatic amines is 1. The molecule has 3 aromatic carbocycles. The van der Waals surface area contributed by atoms with Gasteiger partial charge in [0.05, 0.1) is 23.0 Å². The molecule has 13 nitrogen and oxygen atoms in total. The number of hydrogen-bond donors (Lipinski definition) is 1. The summed E-state index contributed by atoms with van der Waals surface area (Å²) >= 11 is 0. The summed E-state index contributed by atoms with van der Waals surface area (Å²) in [6.45, 7) is -0.324. The van der Waals surface area contributed by atoms with Crippen molar-refractivity contribution >= 4 is 29.1 Å². The van der Waals surface area contributed by atoms with Gasteiger partial charge in [0.25, 0.3) is 0 Å². The number of H-pyrrole nitrogens is 1. The number of ether oxygens (including phenoxy) is 4. The average molecular weight is 631 g/mol. The van der Waals surface area contributed by atoms with Gasteiger partial charge in [-0.15, -0.1) is 0 Å². The number of nitrogens with one attached hydrogen (secondary N) is 1. The summed E-state index contributed by atoms with van der Waals surface area (Å²) in [5.74, 6) is -1.49. The number of carbonyl (C=O) groups excluding carboxylic acids is 3. The lowest BCUT2D eigenvalue weighted by molar-refractivity contribution is -0.0606. The maximum Gasteiger partial charge on any atom is 0.338 e. The van der Waals surface area contributed by atoms with E-state index in [1.807, 2.05) is 0 Å². The lowest BCUT2D eigenvalue weighted by Gasteiger charge is -2.25. The van der Waals surface area contributed by atoms with Gasteiger partial charge in [-0.2, -0.15) is 0 Å². The maximum absolute atomic E-state index is 13.5. The quantitative estimate of drug-likeness (QED) is 0.178. The number of aromatic nitrogens is 6. The predicted octanol–water partition coefficient (Wildman–Crippen LogP) is 4.42. The van der Waals surface area contributed by atoms with E-state index in [-0.39, 0.29) is 17.7 Å². The van der Waals surface area contributed by atoms with E-state index in [1.165, 1.54) is 12.7 Å². The fraction of sp³-hybridized carbons (Fsp3) is 0.147. The highest BCUT2D eigenvalue weighted by Gasteiger charge is 2.52. The van der Waals surface area contributed by atoms with Gasteiger partial charge in [0.2, 0.25) is 0 Å². The normalized spacial score (nSPS) is 18.9. The molecule has 4 heterocycles. The molecule has 234 valence electrons.